The second-order valence-corrected chi connectivity index (χ2v) is 8.75. The molecule has 1 heterocycles. The smallest absolute Gasteiger partial charge is 0.206 e. The maximum Gasteiger partial charge on any atom is 0.206 e. The third-order valence-electron chi connectivity index (χ3n) is 5.59. The Bertz CT molecular complexity index is 1040. The van der Waals surface area contributed by atoms with E-state index < -0.39 is 0 Å². The van der Waals surface area contributed by atoms with Crippen LogP contribution in [0.2, 0.25) is 0 Å². The lowest BCUT2D eigenvalue weighted by Gasteiger charge is -2.28. The summed E-state index contributed by atoms with van der Waals surface area (Å²) >= 11 is 2.94. The van der Waals surface area contributed by atoms with Crippen molar-refractivity contribution in [3.8, 4) is 5.75 Å². The van der Waals surface area contributed by atoms with Crippen molar-refractivity contribution in [2.24, 2.45) is 0 Å². The van der Waals surface area contributed by atoms with Crippen molar-refractivity contribution in [2.45, 2.75) is 18.9 Å². The van der Waals surface area contributed by atoms with Gasteiger partial charge in [-0.3, -0.25) is 0 Å². The van der Waals surface area contributed by atoms with Crippen molar-refractivity contribution in [2.75, 3.05) is 33.1 Å². The molecule has 1 aromatic heterocycles. The Hall–Kier alpha value is -2.89. The van der Waals surface area contributed by atoms with Crippen LogP contribution in [0.5, 0.6) is 5.75 Å². The average molecular weight is 523 g/mol. The molecule has 4 nitrogen and oxygen atoms in total. The molecule has 0 radical (unpaired) electrons. The van der Waals surface area contributed by atoms with Crippen LogP contribution in [0.15, 0.2) is 102 Å². The van der Waals surface area contributed by atoms with Crippen molar-refractivity contribution in [3.63, 3.8) is 0 Å². The summed E-state index contributed by atoms with van der Waals surface area (Å²) in [6.45, 7) is 2.48. The van der Waals surface area contributed by atoms with Crippen LogP contribution in [0, 0.1) is 0 Å². The first kappa shape index (κ1) is 25.7. The number of hydrogen-bond donors (Lipinski definition) is 0. The standard InChI is InChI=1S/C28H31N2O2.CH3Br/c1-30(2,19-12-20-31-25-17-10-5-11-18-25)22-26-21-29-28(32-26)27(23-13-6-3-7-14-23)24-15-8-4-9-16-24;1-2/h3-11,13-18,21,27H,12,19-20,22H2,1-2H3;1H3/q+1;. The fraction of sp³-hybridized carbons (Fsp3) is 0.276. The molecule has 0 N–H and O–H groups in total. The molecule has 0 amide bonds. The molecule has 0 bridgehead atoms. The Morgan fingerprint density at radius 1 is 0.824 bits per heavy atom. The molecule has 3 aromatic carbocycles. The number of halogens is 1. The second kappa shape index (κ2) is 13.1. The molecule has 0 atom stereocenters. The van der Waals surface area contributed by atoms with E-state index in [1.54, 1.807) is 0 Å². The molecule has 0 aliphatic carbocycles. The third-order valence-corrected chi connectivity index (χ3v) is 5.59. The number of quaternary nitrogens is 1. The van der Waals surface area contributed by atoms with Gasteiger partial charge in [-0.15, -0.1) is 0 Å². The summed E-state index contributed by atoms with van der Waals surface area (Å²) in [7, 11) is 4.44. The number of aromatic nitrogens is 1. The predicted octanol–water partition coefficient (Wildman–Crippen LogP) is 6.91. The van der Waals surface area contributed by atoms with E-state index in [1.807, 2.05) is 54.5 Å². The van der Waals surface area contributed by atoms with Gasteiger partial charge in [0.1, 0.15) is 12.3 Å². The summed E-state index contributed by atoms with van der Waals surface area (Å²) in [5.41, 5.74) is 2.36. The van der Waals surface area contributed by atoms with Crippen LogP contribution in [-0.2, 0) is 6.54 Å². The Labute approximate surface area is 211 Å². The van der Waals surface area contributed by atoms with Crippen LogP contribution < -0.4 is 4.74 Å². The molecule has 5 heteroatoms. The van der Waals surface area contributed by atoms with Crippen LogP contribution in [0.25, 0.3) is 0 Å². The molecule has 4 rings (SSSR count). The van der Waals surface area contributed by atoms with Gasteiger partial charge in [0, 0.05) is 6.42 Å². The number of para-hydroxylation sites is 1. The number of oxazole rings is 1. The fourth-order valence-electron chi connectivity index (χ4n) is 4.00. The quantitative estimate of drug-likeness (QED) is 0.129. The van der Waals surface area contributed by atoms with Crippen LogP contribution in [0.3, 0.4) is 0 Å². The van der Waals surface area contributed by atoms with Crippen molar-refractivity contribution in [3.05, 3.63) is 120 Å². The maximum atomic E-state index is 6.31. The van der Waals surface area contributed by atoms with E-state index in [4.69, 9.17) is 9.15 Å². The Kier molecular flexibility index (Phi) is 9.92. The number of alkyl halides is 1. The monoisotopic (exact) mass is 521 g/mol. The fourth-order valence-corrected chi connectivity index (χ4v) is 4.00. The lowest BCUT2D eigenvalue weighted by atomic mass is 9.91. The van der Waals surface area contributed by atoms with Crippen LogP contribution in [-0.4, -0.2) is 42.5 Å². The molecule has 0 aliphatic heterocycles. The first-order valence-corrected chi connectivity index (χ1v) is 13.1. The first-order valence-electron chi connectivity index (χ1n) is 11.5. The van der Waals surface area contributed by atoms with Crippen LogP contribution >= 0.6 is 15.9 Å². The van der Waals surface area contributed by atoms with Gasteiger partial charge in [-0.1, -0.05) is 94.8 Å². The normalized spacial score (nSPS) is 11.1. The van der Waals surface area contributed by atoms with E-state index in [-0.39, 0.29) is 5.92 Å². The lowest BCUT2D eigenvalue weighted by Crippen LogP contribution is -2.40. The molecule has 0 saturated carbocycles. The Morgan fingerprint density at radius 3 is 1.91 bits per heavy atom. The maximum absolute atomic E-state index is 6.31. The molecule has 0 aliphatic rings. The highest BCUT2D eigenvalue weighted by Crippen LogP contribution is 2.31. The summed E-state index contributed by atoms with van der Waals surface area (Å²) < 4.78 is 13.0. The van der Waals surface area contributed by atoms with Crippen molar-refractivity contribution in [1.29, 1.82) is 0 Å². The molecule has 0 unspecified atom stereocenters. The van der Waals surface area contributed by atoms with Gasteiger partial charge < -0.3 is 13.6 Å². The molecule has 4 aromatic rings. The minimum Gasteiger partial charge on any atom is -0.493 e. The van der Waals surface area contributed by atoms with Gasteiger partial charge in [0.15, 0.2) is 5.76 Å². The van der Waals surface area contributed by atoms with E-state index in [0.29, 0.717) is 6.61 Å². The van der Waals surface area contributed by atoms with Gasteiger partial charge in [-0.2, -0.15) is 0 Å². The zero-order valence-corrected chi connectivity index (χ0v) is 21.8. The largest absolute Gasteiger partial charge is 0.493 e. The first-order chi connectivity index (χ1) is 16.6. The summed E-state index contributed by atoms with van der Waals surface area (Å²) in [4.78, 5) is 4.69. The SMILES string of the molecule is CBr.C[N+](C)(CCCOc1ccccc1)Cc1cnc(C(c2ccccc2)c2ccccc2)o1. The van der Waals surface area contributed by atoms with Crippen molar-refractivity contribution in [1.82, 2.24) is 4.98 Å². The molecular weight excluding hydrogens is 488 g/mol. The van der Waals surface area contributed by atoms with Gasteiger partial charge >= 0.3 is 0 Å². The van der Waals surface area contributed by atoms with E-state index in [9.17, 15) is 0 Å². The summed E-state index contributed by atoms with van der Waals surface area (Å²) in [6.07, 6.45) is 2.86. The summed E-state index contributed by atoms with van der Waals surface area (Å²) in [6, 6.07) is 30.8. The van der Waals surface area contributed by atoms with Gasteiger partial charge in [0.05, 0.1) is 39.4 Å². The minimum absolute atomic E-state index is 0.0129. The Balaban J connectivity index is 0.00000158. The van der Waals surface area contributed by atoms with Gasteiger partial charge in [-0.25, -0.2) is 4.98 Å². The van der Waals surface area contributed by atoms with E-state index in [1.165, 1.54) is 11.1 Å². The van der Waals surface area contributed by atoms with Crippen LogP contribution in [0.4, 0.5) is 0 Å². The van der Waals surface area contributed by atoms with E-state index in [0.717, 1.165) is 41.4 Å². The zero-order chi connectivity index (χ0) is 24.2. The molecular formula is C29H34BrN2O2+. The summed E-state index contributed by atoms with van der Waals surface area (Å²) in [5.74, 6) is 4.37. The Morgan fingerprint density at radius 2 is 1.35 bits per heavy atom. The predicted molar refractivity (Wildman–Crippen MR) is 142 cm³/mol. The highest BCUT2D eigenvalue weighted by molar-refractivity contribution is 9.08. The molecule has 0 spiro atoms. The molecule has 178 valence electrons. The van der Waals surface area contributed by atoms with Gasteiger partial charge in [0.25, 0.3) is 0 Å². The van der Waals surface area contributed by atoms with E-state index >= 15 is 0 Å². The number of hydrogen-bond acceptors (Lipinski definition) is 3. The lowest BCUT2D eigenvalue weighted by molar-refractivity contribution is -0.904. The second-order valence-electron chi connectivity index (χ2n) is 8.75. The van der Waals surface area contributed by atoms with Gasteiger partial charge in [-0.05, 0) is 29.1 Å². The highest BCUT2D eigenvalue weighted by atomic mass is 79.9. The highest BCUT2D eigenvalue weighted by Gasteiger charge is 2.24. The minimum atomic E-state index is -0.0129. The average Bonchev–Trinajstić information content (AvgIpc) is 3.32. The zero-order valence-electron chi connectivity index (χ0n) is 20.2. The number of rotatable bonds is 10. The van der Waals surface area contributed by atoms with Crippen LogP contribution in [0.1, 0.15) is 35.1 Å². The van der Waals surface area contributed by atoms with E-state index in [2.05, 4.69) is 83.5 Å². The number of benzene rings is 3. The van der Waals surface area contributed by atoms with Crippen molar-refractivity contribution < 1.29 is 13.6 Å². The summed E-state index contributed by atoms with van der Waals surface area (Å²) in [5, 5.41) is 0. The third kappa shape index (κ3) is 7.57. The molecule has 0 saturated heterocycles. The molecule has 0 fully saturated rings. The van der Waals surface area contributed by atoms with Gasteiger partial charge in [0.2, 0.25) is 5.89 Å². The topological polar surface area (TPSA) is 35.3 Å². The number of ether oxygens (including phenoxy) is 1. The van der Waals surface area contributed by atoms with Crippen molar-refractivity contribution >= 4 is 15.9 Å². The number of nitrogens with zero attached hydrogens (tertiary/aromatic N) is 2. The molecule has 34 heavy (non-hydrogen) atoms.